The summed E-state index contributed by atoms with van der Waals surface area (Å²) >= 11 is 0. The summed E-state index contributed by atoms with van der Waals surface area (Å²) in [6.45, 7) is 14.4. The van der Waals surface area contributed by atoms with Crippen LogP contribution in [0.3, 0.4) is 0 Å². The minimum Gasteiger partial charge on any atom is -0.338 e. The quantitative estimate of drug-likeness (QED) is 0.730. The molecule has 4 aliphatic rings. The molecule has 3 aliphatic carbocycles. The summed E-state index contributed by atoms with van der Waals surface area (Å²) in [6, 6.07) is 0.0905. The predicted octanol–water partition coefficient (Wildman–Crippen LogP) is 1.92. The number of piperazine rings is 1. The molecule has 4 rings (SSSR count). The van der Waals surface area contributed by atoms with Gasteiger partial charge in [-0.3, -0.25) is 4.90 Å². The third-order valence-corrected chi connectivity index (χ3v) is 6.47. The number of hydrogen-bond acceptors (Lipinski definition) is 3. The Morgan fingerprint density at radius 1 is 1.42 bits per heavy atom. The first kappa shape index (κ1) is 17.7. The first-order valence-corrected chi connectivity index (χ1v) is 9.67. The van der Waals surface area contributed by atoms with E-state index in [2.05, 4.69) is 35.5 Å². The maximum atomic E-state index is 12.5. The van der Waals surface area contributed by atoms with Crippen LogP contribution in [0, 0.1) is 17.3 Å². The van der Waals surface area contributed by atoms with Crippen molar-refractivity contribution < 1.29 is 4.79 Å². The van der Waals surface area contributed by atoms with Crippen molar-refractivity contribution >= 4 is 6.03 Å². The molecule has 2 fully saturated rings. The van der Waals surface area contributed by atoms with Gasteiger partial charge in [-0.15, -0.1) is 0 Å². The molecule has 24 heavy (non-hydrogen) atoms. The lowest BCUT2D eigenvalue weighted by molar-refractivity contribution is -0.00978. The number of rotatable bonds is 6. The van der Waals surface area contributed by atoms with Crippen LogP contribution < -0.4 is 10.6 Å². The second-order valence-corrected chi connectivity index (χ2v) is 8.17. The van der Waals surface area contributed by atoms with Gasteiger partial charge in [0.2, 0.25) is 0 Å². The normalized spacial score (nSPS) is 28.7. The van der Waals surface area contributed by atoms with Crippen LogP contribution in [0.2, 0.25) is 0 Å². The van der Waals surface area contributed by atoms with E-state index in [1.807, 2.05) is 11.8 Å². The van der Waals surface area contributed by atoms with Crippen molar-refractivity contribution in [2.24, 2.45) is 17.3 Å². The Balaban J connectivity index is 1.59. The molecule has 2 atom stereocenters. The lowest BCUT2D eigenvalue weighted by Crippen LogP contribution is -2.52. The number of fused-ring (bicyclic) bond motifs is 1. The lowest BCUT2D eigenvalue weighted by Gasteiger charge is -2.57. The van der Waals surface area contributed by atoms with E-state index in [0.29, 0.717) is 17.9 Å². The van der Waals surface area contributed by atoms with Gasteiger partial charge in [0.1, 0.15) is 0 Å². The second-order valence-electron chi connectivity index (χ2n) is 8.17. The van der Waals surface area contributed by atoms with E-state index in [0.717, 1.165) is 51.7 Å². The highest BCUT2D eigenvalue weighted by Gasteiger charge is 2.51. The Hall–Kier alpha value is -1.07. The molecule has 1 heterocycles. The first-order chi connectivity index (χ1) is 11.5. The lowest BCUT2D eigenvalue weighted by atomic mass is 9.49. The Bertz CT molecular complexity index is 482. The Morgan fingerprint density at radius 3 is 2.79 bits per heavy atom. The van der Waals surface area contributed by atoms with Crippen molar-refractivity contribution in [1.82, 2.24) is 20.4 Å². The molecule has 0 aromatic carbocycles. The molecule has 2 N–H and O–H groups in total. The third-order valence-electron chi connectivity index (χ3n) is 6.47. The molecule has 2 amide bonds. The highest BCUT2D eigenvalue weighted by atomic mass is 16.2. The molecule has 5 heteroatoms. The van der Waals surface area contributed by atoms with Gasteiger partial charge in [-0.1, -0.05) is 25.5 Å². The van der Waals surface area contributed by atoms with E-state index >= 15 is 0 Å². The summed E-state index contributed by atoms with van der Waals surface area (Å²) in [7, 11) is 0. The largest absolute Gasteiger partial charge is 0.338 e. The van der Waals surface area contributed by atoms with Crippen molar-refractivity contribution in [2.45, 2.75) is 33.6 Å². The summed E-state index contributed by atoms with van der Waals surface area (Å²) in [6.07, 6.45) is 4.93. The second kappa shape index (κ2) is 7.44. The van der Waals surface area contributed by atoms with E-state index in [1.54, 1.807) is 0 Å². The van der Waals surface area contributed by atoms with Crippen LogP contribution in [-0.4, -0.2) is 68.2 Å². The topological polar surface area (TPSA) is 47.6 Å². The fourth-order valence-electron chi connectivity index (χ4n) is 4.59. The molecule has 1 saturated carbocycles. The van der Waals surface area contributed by atoms with Crippen molar-refractivity contribution in [3.05, 3.63) is 11.6 Å². The smallest absolute Gasteiger partial charge is 0.317 e. The zero-order valence-corrected chi connectivity index (χ0v) is 15.6. The van der Waals surface area contributed by atoms with E-state index in [9.17, 15) is 4.79 Å². The molecule has 0 radical (unpaired) electrons. The van der Waals surface area contributed by atoms with Gasteiger partial charge in [0, 0.05) is 52.4 Å². The van der Waals surface area contributed by atoms with Gasteiger partial charge in [-0.25, -0.2) is 4.79 Å². The highest BCUT2D eigenvalue weighted by Crippen LogP contribution is 2.59. The average molecular weight is 335 g/mol. The van der Waals surface area contributed by atoms with Gasteiger partial charge >= 0.3 is 6.03 Å². The Labute approximate surface area is 146 Å². The third kappa shape index (κ3) is 3.62. The number of carbonyl (C=O) groups is 1. The number of amides is 2. The number of allylic oxidation sites excluding steroid dienone is 1. The summed E-state index contributed by atoms with van der Waals surface area (Å²) in [5, 5.41) is 6.39. The summed E-state index contributed by atoms with van der Waals surface area (Å²) < 4.78 is 0. The first-order valence-electron chi connectivity index (χ1n) is 9.67. The van der Waals surface area contributed by atoms with Crippen molar-refractivity contribution in [3.63, 3.8) is 0 Å². The van der Waals surface area contributed by atoms with Crippen LogP contribution in [0.15, 0.2) is 11.6 Å². The van der Waals surface area contributed by atoms with Gasteiger partial charge in [0.05, 0.1) is 0 Å². The average Bonchev–Trinajstić information content (AvgIpc) is 2.59. The summed E-state index contributed by atoms with van der Waals surface area (Å²) in [5.41, 5.74) is 1.92. The van der Waals surface area contributed by atoms with Gasteiger partial charge < -0.3 is 15.5 Å². The standard InChI is InChI=1S/C19H34N4O/c1-4-21-18(24)23(12-11-22-9-7-20-8-10-22)14-15-5-6-16-13-17(15)19(16,2)3/h5,16-17,20H,4,6-14H2,1-3H3,(H,21,24)/t16-,17-/m1/s1. The number of nitrogens with zero attached hydrogens (tertiary/aromatic N) is 2. The molecule has 136 valence electrons. The molecule has 0 unspecified atom stereocenters. The minimum atomic E-state index is 0.0905. The van der Waals surface area contributed by atoms with Gasteiger partial charge in [0.15, 0.2) is 0 Å². The SMILES string of the molecule is CCNC(=O)N(CCN1CCNCC1)CC1=CC[C@@H]2C[C@H]1C2(C)C. The molecule has 0 aromatic heterocycles. The number of urea groups is 1. The van der Waals surface area contributed by atoms with E-state index in [1.165, 1.54) is 18.4 Å². The van der Waals surface area contributed by atoms with Crippen LogP contribution in [0.25, 0.3) is 0 Å². The fraction of sp³-hybridized carbons (Fsp3) is 0.842. The Morgan fingerprint density at radius 2 is 2.17 bits per heavy atom. The fourth-order valence-corrected chi connectivity index (χ4v) is 4.59. The maximum Gasteiger partial charge on any atom is 0.317 e. The molecule has 1 aliphatic heterocycles. The number of hydrogen-bond donors (Lipinski definition) is 2. The minimum absolute atomic E-state index is 0.0905. The molecular formula is C19H34N4O. The van der Waals surface area contributed by atoms with E-state index < -0.39 is 0 Å². The monoisotopic (exact) mass is 334 g/mol. The van der Waals surface area contributed by atoms with E-state index in [4.69, 9.17) is 0 Å². The van der Waals surface area contributed by atoms with Crippen LogP contribution >= 0.6 is 0 Å². The van der Waals surface area contributed by atoms with Crippen LogP contribution in [0.1, 0.15) is 33.6 Å². The maximum absolute atomic E-state index is 12.5. The highest BCUT2D eigenvalue weighted by molar-refractivity contribution is 5.74. The molecule has 0 spiro atoms. The van der Waals surface area contributed by atoms with Crippen molar-refractivity contribution in [1.29, 1.82) is 0 Å². The zero-order chi connectivity index (χ0) is 17.2. The Kier molecular flexibility index (Phi) is 5.50. The summed E-state index contributed by atoms with van der Waals surface area (Å²) in [4.78, 5) is 17.0. The van der Waals surface area contributed by atoms with Crippen molar-refractivity contribution in [2.75, 3.05) is 52.4 Å². The van der Waals surface area contributed by atoms with Gasteiger partial charge in [-0.05, 0) is 37.0 Å². The molecule has 1 saturated heterocycles. The zero-order valence-electron chi connectivity index (χ0n) is 15.6. The van der Waals surface area contributed by atoms with Gasteiger partial charge in [-0.2, -0.15) is 0 Å². The number of carbonyl (C=O) groups excluding carboxylic acids is 1. The van der Waals surface area contributed by atoms with Gasteiger partial charge in [0.25, 0.3) is 0 Å². The van der Waals surface area contributed by atoms with E-state index in [-0.39, 0.29) is 6.03 Å². The van der Waals surface area contributed by atoms with Crippen LogP contribution in [-0.2, 0) is 0 Å². The molecule has 2 bridgehead atoms. The number of nitrogens with one attached hydrogen (secondary N) is 2. The molecule has 0 aromatic rings. The predicted molar refractivity (Wildman–Crippen MR) is 98.0 cm³/mol. The molecular weight excluding hydrogens is 300 g/mol. The van der Waals surface area contributed by atoms with Crippen LogP contribution in [0.5, 0.6) is 0 Å². The van der Waals surface area contributed by atoms with Crippen molar-refractivity contribution in [3.8, 4) is 0 Å². The molecule has 5 nitrogen and oxygen atoms in total. The summed E-state index contributed by atoms with van der Waals surface area (Å²) in [5.74, 6) is 1.53. The van der Waals surface area contributed by atoms with Crippen LogP contribution in [0.4, 0.5) is 4.79 Å².